The second-order valence-electron chi connectivity index (χ2n) is 8.73. The van der Waals surface area contributed by atoms with Crippen molar-refractivity contribution in [2.24, 2.45) is 0 Å². The van der Waals surface area contributed by atoms with E-state index in [0.717, 1.165) is 58.3 Å². The van der Waals surface area contributed by atoms with E-state index in [1.807, 2.05) is 18.2 Å². The molecule has 6 rings (SSSR count). The number of nitrogens with one attached hydrogen (secondary N) is 2. The van der Waals surface area contributed by atoms with Crippen LogP contribution in [0.5, 0.6) is 5.75 Å². The number of rotatable bonds is 4. The first-order valence-corrected chi connectivity index (χ1v) is 11.3. The van der Waals surface area contributed by atoms with Crippen molar-refractivity contribution >= 4 is 27.6 Å². The zero-order valence-corrected chi connectivity index (χ0v) is 17.9. The Morgan fingerprint density at radius 1 is 0.968 bits per heavy atom. The molecule has 2 N–H and O–H groups in total. The maximum absolute atomic E-state index is 5.38. The van der Waals surface area contributed by atoms with Gasteiger partial charge in [0.15, 0.2) is 5.82 Å². The monoisotopic (exact) mass is 416 g/mol. The summed E-state index contributed by atoms with van der Waals surface area (Å²) in [5.41, 5.74) is 5.06. The van der Waals surface area contributed by atoms with Crippen molar-refractivity contribution < 1.29 is 4.74 Å². The van der Waals surface area contributed by atoms with Gasteiger partial charge in [-0.25, -0.2) is 4.98 Å². The van der Waals surface area contributed by atoms with Crippen LogP contribution < -0.4 is 9.64 Å². The van der Waals surface area contributed by atoms with Crippen LogP contribution in [0.15, 0.2) is 36.4 Å². The van der Waals surface area contributed by atoms with Crippen LogP contribution >= 0.6 is 0 Å². The predicted octanol–water partition coefficient (Wildman–Crippen LogP) is 4.18. The first kappa shape index (κ1) is 18.7. The molecule has 0 saturated carbocycles. The molecule has 0 unspecified atom stereocenters. The summed E-state index contributed by atoms with van der Waals surface area (Å²) in [6.07, 6.45) is 5.25. The molecule has 2 aliphatic rings. The van der Waals surface area contributed by atoms with Crippen molar-refractivity contribution in [1.82, 2.24) is 25.1 Å². The fourth-order valence-electron chi connectivity index (χ4n) is 5.20. The minimum atomic E-state index is 0.768. The van der Waals surface area contributed by atoms with Gasteiger partial charge in [0.05, 0.1) is 23.7 Å². The van der Waals surface area contributed by atoms with E-state index in [9.17, 15) is 0 Å². The molecule has 4 aromatic rings. The van der Waals surface area contributed by atoms with E-state index in [4.69, 9.17) is 9.72 Å². The number of hydrogen-bond acceptors (Lipinski definition) is 5. The van der Waals surface area contributed by atoms with Gasteiger partial charge in [0, 0.05) is 30.2 Å². The first-order valence-electron chi connectivity index (χ1n) is 11.3. The SMILES string of the molecule is COc1ccc2[nH]nc(-c3nc4cc(N5CCC(N6CCCC6)CC5)ccc4[nH]3)c2c1. The maximum atomic E-state index is 5.38. The molecule has 2 aromatic heterocycles. The average Bonchev–Trinajstić information content (AvgIpc) is 3.57. The lowest BCUT2D eigenvalue weighted by molar-refractivity contribution is 0.208. The van der Waals surface area contributed by atoms with Gasteiger partial charge in [0.1, 0.15) is 11.4 Å². The molecule has 0 aliphatic carbocycles. The molecular formula is C24H28N6O. The summed E-state index contributed by atoms with van der Waals surface area (Å²) in [6.45, 7) is 4.82. The molecule has 7 nitrogen and oxygen atoms in total. The molecule has 2 saturated heterocycles. The molecule has 0 radical (unpaired) electrons. The van der Waals surface area contributed by atoms with Crippen molar-refractivity contribution in [3.63, 3.8) is 0 Å². The number of imidazole rings is 1. The fraction of sp³-hybridized carbons (Fsp3) is 0.417. The van der Waals surface area contributed by atoms with E-state index >= 15 is 0 Å². The molecule has 0 bridgehead atoms. The van der Waals surface area contributed by atoms with E-state index in [2.05, 4.69) is 43.2 Å². The van der Waals surface area contributed by atoms with Crippen molar-refractivity contribution in [2.75, 3.05) is 38.2 Å². The van der Waals surface area contributed by atoms with Crippen LogP contribution in [-0.4, -0.2) is 64.4 Å². The quantitative estimate of drug-likeness (QED) is 0.522. The number of aromatic nitrogens is 4. The molecule has 0 atom stereocenters. The minimum absolute atomic E-state index is 0.768. The summed E-state index contributed by atoms with van der Waals surface area (Å²) in [4.78, 5) is 13.5. The Balaban J connectivity index is 1.26. The van der Waals surface area contributed by atoms with Gasteiger partial charge in [-0.05, 0) is 75.2 Å². The maximum Gasteiger partial charge on any atom is 0.159 e. The highest BCUT2D eigenvalue weighted by atomic mass is 16.5. The molecule has 2 aromatic carbocycles. The third kappa shape index (κ3) is 3.33. The Labute approximate surface area is 181 Å². The Kier molecular flexibility index (Phi) is 4.56. The summed E-state index contributed by atoms with van der Waals surface area (Å²) < 4.78 is 5.38. The molecule has 2 fully saturated rings. The van der Waals surface area contributed by atoms with Gasteiger partial charge < -0.3 is 19.5 Å². The number of piperidine rings is 1. The smallest absolute Gasteiger partial charge is 0.159 e. The normalized spacial score (nSPS) is 18.4. The number of H-pyrrole nitrogens is 2. The second kappa shape index (κ2) is 7.57. The number of aromatic amines is 2. The molecule has 7 heteroatoms. The van der Waals surface area contributed by atoms with Crippen LogP contribution in [0.1, 0.15) is 25.7 Å². The van der Waals surface area contributed by atoms with Crippen molar-refractivity contribution in [3.05, 3.63) is 36.4 Å². The van der Waals surface area contributed by atoms with Gasteiger partial charge >= 0.3 is 0 Å². The summed E-state index contributed by atoms with van der Waals surface area (Å²) in [7, 11) is 1.68. The summed E-state index contributed by atoms with van der Waals surface area (Å²) in [6, 6.07) is 13.2. The number of benzene rings is 2. The Morgan fingerprint density at radius 2 is 1.77 bits per heavy atom. The number of hydrogen-bond donors (Lipinski definition) is 2. The number of methoxy groups -OCH3 is 1. The molecule has 31 heavy (non-hydrogen) atoms. The molecule has 160 valence electrons. The lowest BCUT2D eigenvalue weighted by atomic mass is 10.0. The predicted molar refractivity (Wildman–Crippen MR) is 124 cm³/mol. The standard InChI is InChI=1S/C24H28N6O/c1-31-18-5-7-20-19(15-18)23(28-27-20)24-25-21-6-4-17(14-22(21)26-24)30-12-8-16(9-13-30)29-10-2-3-11-29/h4-7,14-16H,2-3,8-13H2,1H3,(H,25,26)(H,27,28). The van der Waals surface area contributed by atoms with Crippen LogP contribution in [0.4, 0.5) is 5.69 Å². The highest BCUT2D eigenvalue weighted by molar-refractivity contribution is 5.94. The summed E-state index contributed by atoms with van der Waals surface area (Å²) >= 11 is 0. The van der Waals surface area contributed by atoms with E-state index in [0.29, 0.717) is 0 Å². The van der Waals surface area contributed by atoms with Crippen molar-refractivity contribution in [2.45, 2.75) is 31.7 Å². The van der Waals surface area contributed by atoms with Gasteiger partial charge in [0.25, 0.3) is 0 Å². The lowest BCUT2D eigenvalue weighted by Crippen LogP contribution is -2.43. The molecule has 4 heterocycles. The third-order valence-electron chi connectivity index (χ3n) is 6.95. The summed E-state index contributed by atoms with van der Waals surface area (Å²) in [5.74, 6) is 1.59. The molecule has 2 aliphatic heterocycles. The van der Waals surface area contributed by atoms with Gasteiger partial charge in [0.2, 0.25) is 0 Å². The van der Waals surface area contributed by atoms with Crippen LogP contribution in [0.25, 0.3) is 33.5 Å². The number of fused-ring (bicyclic) bond motifs is 2. The van der Waals surface area contributed by atoms with Crippen molar-refractivity contribution in [1.29, 1.82) is 0 Å². The highest BCUT2D eigenvalue weighted by Crippen LogP contribution is 2.31. The van der Waals surface area contributed by atoms with E-state index in [1.54, 1.807) is 7.11 Å². The van der Waals surface area contributed by atoms with Crippen LogP contribution in [-0.2, 0) is 0 Å². The number of likely N-dealkylation sites (tertiary alicyclic amines) is 1. The van der Waals surface area contributed by atoms with Gasteiger partial charge in [-0.3, -0.25) is 5.10 Å². The number of anilines is 1. The topological polar surface area (TPSA) is 73.1 Å². The molecule has 0 spiro atoms. The molecular weight excluding hydrogens is 388 g/mol. The molecule has 0 amide bonds. The van der Waals surface area contributed by atoms with Crippen LogP contribution in [0.2, 0.25) is 0 Å². The minimum Gasteiger partial charge on any atom is -0.497 e. The largest absolute Gasteiger partial charge is 0.497 e. The first-order chi connectivity index (χ1) is 15.3. The van der Waals surface area contributed by atoms with E-state index < -0.39 is 0 Å². The average molecular weight is 417 g/mol. The van der Waals surface area contributed by atoms with E-state index in [-0.39, 0.29) is 0 Å². The van der Waals surface area contributed by atoms with Crippen LogP contribution in [0.3, 0.4) is 0 Å². The van der Waals surface area contributed by atoms with Gasteiger partial charge in [-0.1, -0.05) is 0 Å². The van der Waals surface area contributed by atoms with E-state index in [1.165, 1.54) is 44.5 Å². The zero-order chi connectivity index (χ0) is 20.8. The summed E-state index contributed by atoms with van der Waals surface area (Å²) in [5, 5.41) is 8.60. The third-order valence-corrected chi connectivity index (χ3v) is 6.95. The van der Waals surface area contributed by atoms with Gasteiger partial charge in [-0.15, -0.1) is 0 Å². The highest BCUT2D eigenvalue weighted by Gasteiger charge is 2.26. The number of nitrogens with zero attached hydrogens (tertiary/aromatic N) is 4. The fourth-order valence-corrected chi connectivity index (χ4v) is 5.20. The Morgan fingerprint density at radius 3 is 2.58 bits per heavy atom. The van der Waals surface area contributed by atoms with Crippen LogP contribution in [0, 0.1) is 0 Å². The van der Waals surface area contributed by atoms with Gasteiger partial charge in [-0.2, -0.15) is 5.10 Å². The Bertz CT molecular complexity index is 1210. The second-order valence-corrected chi connectivity index (χ2v) is 8.73. The number of ether oxygens (including phenoxy) is 1. The van der Waals surface area contributed by atoms with Crippen molar-refractivity contribution in [3.8, 4) is 17.3 Å². The zero-order valence-electron chi connectivity index (χ0n) is 17.9. The lowest BCUT2D eigenvalue weighted by Gasteiger charge is -2.37. The Hall–Kier alpha value is -3.06.